The third-order valence-electron chi connectivity index (χ3n) is 2.41. The van der Waals surface area contributed by atoms with Gasteiger partial charge in [0.2, 0.25) is 0 Å². The van der Waals surface area contributed by atoms with E-state index in [1.54, 1.807) is 0 Å². The predicted molar refractivity (Wildman–Crippen MR) is 57.9 cm³/mol. The van der Waals surface area contributed by atoms with Crippen LogP contribution in [0.25, 0.3) is 0 Å². The van der Waals surface area contributed by atoms with Gasteiger partial charge in [-0.3, -0.25) is 0 Å². The monoisotopic (exact) mass is 187 g/mol. The van der Waals surface area contributed by atoms with Gasteiger partial charge in [-0.25, -0.2) is 0 Å². The molecular formula is C11H25NO. The lowest BCUT2D eigenvalue weighted by molar-refractivity contribution is 0.0856. The molecule has 0 aromatic heterocycles. The molecule has 80 valence electrons. The van der Waals surface area contributed by atoms with Gasteiger partial charge in [-0.15, -0.1) is 0 Å². The van der Waals surface area contributed by atoms with Gasteiger partial charge < -0.3 is 10.0 Å². The number of nitrogens with zero attached hydrogens (tertiary/aromatic N) is 1. The molecule has 0 spiro atoms. The van der Waals surface area contributed by atoms with E-state index in [4.69, 9.17) is 0 Å². The van der Waals surface area contributed by atoms with Gasteiger partial charge >= 0.3 is 0 Å². The van der Waals surface area contributed by atoms with Crippen molar-refractivity contribution in [2.24, 2.45) is 5.92 Å². The van der Waals surface area contributed by atoms with Gasteiger partial charge in [-0.2, -0.15) is 0 Å². The molecule has 0 aliphatic rings. The normalized spacial score (nSPS) is 14.1. The van der Waals surface area contributed by atoms with Crippen molar-refractivity contribution in [2.75, 3.05) is 20.1 Å². The summed E-state index contributed by atoms with van der Waals surface area (Å²) in [7, 11) is 2.08. The Hall–Kier alpha value is -0.0800. The Balaban J connectivity index is 3.43. The Morgan fingerprint density at radius 3 is 2.31 bits per heavy atom. The van der Waals surface area contributed by atoms with Crippen molar-refractivity contribution < 1.29 is 5.11 Å². The van der Waals surface area contributed by atoms with E-state index in [0.717, 1.165) is 13.1 Å². The predicted octanol–water partition coefficient (Wildman–Crippen LogP) is 2.13. The van der Waals surface area contributed by atoms with Crippen molar-refractivity contribution in [3.05, 3.63) is 0 Å². The van der Waals surface area contributed by atoms with E-state index in [1.165, 1.54) is 19.3 Å². The maximum absolute atomic E-state index is 9.61. The molecule has 0 heterocycles. The molecule has 0 rings (SSSR count). The lowest BCUT2D eigenvalue weighted by atomic mass is 10.1. The SMILES string of the molecule is CCCCCN(C)CC(O)C(C)C. The number of likely N-dealkylation sites (N-methyl/N-ethyl adjacent to an activating group) is 1. The molecule has 0 bridgehead atoms. The third-order valence-corrected chi connectivity index (χ3v) is 2.41. The minimum absolute atomic E-state index is 0.174. The topological polar surface area (TPSA) is 23.5 Å². The molecule has 0 saturated carbocycles. The summed E-state index contributed by atoms with van der Waals surface area (Å²) >= 11 is 0. The summed E-state index contributed by atoms with van der Waals surface area (Å²) in [6.07, 6.45) is 3.63. The maximum atomic E-state index is 9.61. The summed E-state index contributed by atoms with van der Waals surface area (Å²) < 4.78 is 0. The zero-order valence-electron chi connectivity index (χ0n) is 9.58. The highest BCUT2D eigenvalue weighted by Crippen LogP contribution is 2.03. The van der Waals surface area contributed by atoms with Crippen LogP contribution in [-0.2, 0) is 0 Å². The highest BCUT2D eigenvalue weighted by Gasteiger charge is 2.11. The molecule has 0 aliphatic heterocycles. The number of hydrogen-bond acceptors (Lipinski definition) is 2. The van der Waals surface area contributed by atoms with Gasteiger partial charge in [0.05, 0.1) is 6.10 Å². The minimum Gasteiger partial charge on any atom is -0.392 e. The van der Waals surface area contributed by atoms with Crippen LogP contribution in [0, 0.1) is 5.92 Å². The van der Waals surface area contributed by atoms with E-state index in [9.17, 15) is 5.11 Å². The Labute approximate surface area is 82.9 Å². The van der Waals surface area contributed by atoms with Crippen LogP contribution in [0.4, 0.5) is 0 Å². The van der Waals surface area contributed by atoms with Crippen LogP contribution in [0.1, 0.15) is 40.0 Å². The fourth-order valence-corrected chi connectivity index (χ4v) is 1.25. The molecule has 0 saturated heterocycles. The van der Waals surface area contributed by atoms with Crippen LogP contribution < -0.4 is 0 Å². The van der Waals surface area contributed by atoms with Crippen molar-refractivity contribution in [1.82, 2.24) is 4.90 Å². The molecule has 1 atom stereocenters. The van der Waals surface area contributed by atoms with Gasteiger partial charge in [-0.05, 0) is 25.9 Å². The van der Waals surface area contributed by atoms with Crippen LogP contribution >= 0.6 is 0 Å². The molecule has 1 N–H and O–H groups in total. The standard InChI is InChI=1S/C11H25NO/c1-5-6-7-8-12(4)9-11(13)10(2)3/h10-11,13H,5-9H2,1-4H3. The summed E-state index contributed by atoms with van der Waals surface area (Å²) in [6, 6.07) is 0. The lowest BCUT2D eigenvalue weighted by Crippen LogP contribution is -2.32. The number of hydrogen-bond donors (Lipinski definition) is 1. The minimum atomic E-state index is -0.174. The average Bonchev–Trinajstić information content (AvgIpc) is 2.04. The molecule has 2 heteroatoms. The van der Waals surface area contributed by atoms with E-state index in [-0.39, 0.29) is 6.10 Å². The first-order valence-electron chi connectivity index (χ1n) is 5.44. The number of unbranched alkanes of at least 4 members (excludes halogenated alkanes) is 2. The quantitative estimate of drug-likeness (QED) is 0.617. The van der Waals surface area contributed by atoms with Crippen molar-refractivity contribution in [2.45, 2.75) is 46.1 Å². The van der Waals surface area contributed by atoms with E-state index >= 15 is 0 Å². The molecule has 0 aliphatic carbocycles. The van der Waals surface area contributed by atoms with Crippen molar-refractivity contribution in [3.63, 3.8) is 0 Å². The molecular weight excluding hydrogens is 162 g/mol. The van der Waals surface area contributed by atoms with E-state index in [0.29, 0.717) is 5.92 Å². The molecule has 0 aromatic carbocycles. The third kappa shape index (κ3) is 7.03. The fourth-order valence-electron chi connectivity index (χ4n) is 1.25. The van der Waals surface area contributed by atoms with Crippen molar-refractivity contribution in [3.8, 4) is 0 Å². The first kappa shape index (κ1) is 12.9. The van der Waals surface area contributed by atoms with Gasteiger partial charge in [0, 0.05) is 6.54 Å². The smallest absolute Gasteiger partial charge is 0.0689 e. The summed E-state index contributed by atoms with van der Waals surface area (Å²) in [4.78, 5) is 2.22. The van der Waals surface area contributed by atoms with Gasteiger partial charge in [0.1, 0.15) is 0 Å². The molecule has 0 radical (unpaired) electrons. The van der Waals surface area contributed by atoms with Crippen molar-refractivity contribution in [1.29, 1.82) is 0 Å². The second-order valence-corrected chi connectivity index (χ2v) is 4.28. The molecule has 1 unspecified atom stereocenters. The van der Waals surface area contributed by atoms with E-state index < -0.39 is 0 Å². The maximum Gasteiger partial charge on any atom is 0.0689 e. The van der Waals surface area contributed by atoms with Crippen LogP contribution in [0.5, 0.6) is 0 Å². The van der Waals surface area contributed by atoms with Crippen LogP contribution in [0.2, 0.25) is 0 Å². The Bertz CT molecular complexity index is 115. The number of aliphatic hydroxyl groups is 1. The molecule has 0 aromatic rings. The second kappa shape index (κ2) is 7.34. The summed E-state index contributed by atoms with van der Waals surface area (Å²) in [6.45, 7) is 8.25. The average molecular weight is 187 g/mol. The Morgan fingerprint density at radius 2 is 1.85 bits per heavy atom. The summed E-state index contributed by atoms with van der Waals surface area (Å²) in [5, 5.41) is 9.61. The first-order valence-corrected chi connectivity index (χ1v) is 5.44. The van der Waals surface area contributed by atoms with E-state index in [2.05, 4.69) is 32.7 Å². The van der Waals surface area contributed by atoms with Crippen molar-refractivity contribution >= 4 is 0 Å². The Morgan fingerprint density at radius 1 is 1.23 bits per heavy atom. The number of aliphatic hydroxyl groups excluding tert-OH is 1. The van der Waals surface area contributed by atoms with Gasteiger partial charge in [0.15, 0.2) is 0 Å². The zero-order valence-corrected chi connectivity index (χ0v) is 9.58. The van der Waals surface area contributed by atoms with Crippen LogP contribution in [0.15, 0.2) is 0 Å². The highest BCUT2D eigenvalue weighted by atomic mass is 16.3. The molecule has 2 nitrogen and oxygen atoms in total. The number of rotatable bonds is 7. The first-order chi connectivity index (χ1) is 6.07. The second-order valence-electron chi connectivity index (χ2n) is 4.28. The lowest BCUT2D eigenvalue weighted by Gasteiger charge is -2.22. The summed E-state index contributed by atoms with van der Waals surface area (Å²) in [5.74, 6) is 0.369. The fraction of sp³-hybridized carbons (Fsp3) is 1.00. The van der Waals surface area contributed by atoms with Crippen LogP contribution in [-0.4, -0.2) is 36.2 Å². The molecule has 0 amide bonds. The van der Waals surface area contributed by atoms with Gasteiger partial charge in [0.25, 0.3) is 0 Å². The van der Waals surface area contributed by atoms with Crippen LogP contribution in [0.3, 0.4) is 0 Å². The Kier molecular flexibility index (Phi) is 7.29. The largest absolute Gasteiger partial charge is 0.392 e. The van der Waals surface area contributed by atoms with Gasteiger partial charge in [-0.1, -0.05) is 33.6 Å². The summed E-state index contributed by atoms with van der Waals surface area (Å²) in [5.41, 5.74) is 0. The molecule has 0 fully saturated rings. The van der Waals surface area contributed by atoms with E-state index in [1.807, 2.05) is 0 Å². The molecule has 13 heavy (non-hydrogen) atoms. The highest BCUT2D eigenvalue weighted by molar-refractivity contribution is 4.64. The zero-order chi connectivity index (χ0) is 10.3.